The standard InChI is InChI=1S/C18H15NO3/c20-13-4-1-8-16-9-7-11-18(19-12-3-6-15-22)17(16)10-2-5-14-21/h1-15H. The highest BCUT2D eigenvalue weighted by molar-refractivity contribution is 5.81. The van der Waals surface area contributed by atoms with E-state index in [2.05, 4.69) is 4.99 Å². The van der Waals surface area contributed by atoms with E-state index in [0.29, 0.717) is 24.5 Å². The summed E-state index contributed by atoms with van der Waals surface area (Å²) >= 11 is 0. The first-order valence-corrected chi connectivity index (χ1v) is 6.51. The number of hydrogen-bond donors (Lipinski definition) is 0. The third kappa shape index (κ3) is 5.88. The van der Waals surface area contributed by atoms with Crippen molar-refractivity contribution < 1.29 is 14.4 Å². The number of aldehydes is 3. The average Bonchev–Trinajstić information content (AvgIpc) is 2.54. The molecule has 4 nitrogen and oxygen atoms in total. The van der Waals surface area contributed by atoms with Crippen LogP contribution in [-0.4, -0.2) is 25.1 Å². The van der Waals surface area contributed by atoms with Gasteiger partial charge in [-0.05, 0) is 35.6 Å². The largest absolute Gasteiger partial charge is 0.299 e. The monoisotopic (exact) mass is 293 g/mol. The van der Waals surface area contributed by atoms with E-state index in [-0.39, 0.29) is 0 Å². The molecule has 1 aromatic rings. The van der Waals surface area contributed by atoms with E-state index in [4.69, 9.17) is 0 Å². The zero-order chi connectivity index (χ0) is 16.0. The van der Waals surface area contributed by atoms with Gasteiger partial charge in [0.2, 0.25) is 0 Å². The number of carbonyl (C=O) groups is 3. The molecule has 0 N–H and O–H groups in total. The molecule has 0 amide bonds. The van der Waals surface area contributed by atoms with E-state index in [0.717, 1.165) is 10.4 Å². The van der Waals surface area contributed by atoms with Crippen molar-refractivity contribution in [3.8, 4) is 0 Å². The lowest BCUT2D eigenvalue weighted by molar-refractivity contribution is -0.104. The van der Waals surface area contributed by atoms with Crippen molar-refractivity contribution in [3.05, 3.63) is 65.1 Å². The average molecular weight is 293 g/mol. The summed E-state index contributed by atoms with van der Waals surface area (Å²) in [5.41, 5.74) is 0.680. The predicted molar refractivity (Wildman–Crippen MR) is 88.4 cm³/mol. The van der Waals surface area contributed by atoms with Gasteiger partial charge in [0.15, 0.2) is 0 Å². The summed E-state index contributed by atoms with van der Waals surface area (Å²) in [7, 11) is 0. The highest BCUT2D eigenvalue weighted by Crippen LogP contribution is 2.00. The van der Waals surface area contributed by atoms with Crippen LogP contribution in [0.4, 0.5) is 5.69 Å². The van der Waals surface area contributed by atoms with Crippen LogP contribution in [-0.2, 0) is 14.4 Å². The molecule has 0 fully saturated rings. The van der Waals surface area contributed by atoms with Crippen LogP contribution in [0.5, 0.6) is 0 Å². The minimum Gasteiger partial charge on any atom is -0.299 e. The molecule has 0 unspecified atom stereocenters. The number of aliphatic imine (C=N–C) groups is 1. The molecular formula is C18H15NO3. The Balaban J connectivity index is 3.43. The minimum absolute atomic E-state index is 0.667. The number of rotatable bonds is 7. The topological polar surface area (TPSA) is 63.6 Å². The Morgan fingerprint density at radius 2 is 1.36 bits per heavy atom. The van der Waals surface area contributed by atoms with Crippen molar-refractivity contribution in [2.24, 2.45) is 4.99 Å². The van der Waals surface area contributed by atoms with Crippen molar-refractivity contribution in [2.45, 2.75) is 0 Å². The van der Waals surface area contributed by atoms with Crippen LogP contribution in [0.2, 0.25) is 0 Å². The molecule has 0 aliphatic rings. The van der Waals surface area contributed by atoms with Gasteiger partial charge in [-0.3, -0.25) is 19.4 Å². The Kier molecular flexibility index (Phi) is 8.17. The van der Waals surface area contributed by atoms with Gasteiger partial charge in [0.25, 0.3) is 0 Å². The van der Waals surface area contributed by atoms with Gasteiger partial charge in [-0.2, -0.15) is 0 Å². The maximum absolute atomic E-state index is 10.4. The Hall–Kier alpha value is -3.14. The summed E-state index contributed by atoms with van der Waals surface area (Å²) in [6.45, 7) is 0. The maximum Gasteiger partial charge on any atom is 0.142 e. The third-order valence-corrected chi connectivity index (χ3v) is 2.52. The maximum atomic E-state index is 10.4. The van der Waals surface area contributed by atoms with E-state index < -0.39 is 0 Å². The van der Waals surface area contributed by atoms with Gasteiger partial charge in [0.1, 0.15) is 18.9 Å². The number of carbonyl (C=O) groups excluding carboxylic acids is 3. The first kappa shape index (κ1) is 16.9. The molecule has 0 aliphatic carbocycles. The van der Waals surface area contributed by atoms with E-state index in [1.807, 2.05) is 18.2 Å². The fourth-order valence-corrected chi connectivity index (χ4v) is 1.63. The Morgan fingerprint density at radius 1 is 0.727 bits per heavy atom. The fourth-order valence-electron chi connectivity index (χ4n) is 1.63. The van der Waals surface area contributed by atoms with E-state index >= 15 is 0 Å². The summed E-state index contributed by atoms with van der Waals surface area (Å²) in [5, 5.41) is 1.65. The quantitative estimate of drug-likeness (QED) is 0.431. The molecule has 22 heavy (non-hydrogen) atoms. The lowest BCUT2D eigenvalue weighted by Crippen LogP contribution is -2.24. The minimum atomic E-state index is 0.667. The van der Waals surface area contributed by atoms with Gasteiger partial charge in [-0.15, -0.1) is 0 Å². The van der Waals surface area contributed by atoms with Gasteiger partial charge in [0.05, 0.1) is 5.69 Å². The zero-order valence-corrected chi connectivity index (χ0v) is 11.8. The molecule has 1 aromatic carbocycles. The molecule has 0 radical (unpaired) electrons. The van der Waals surface area contributed by atoms with Crippen LogP contribution < -0.4 is 10.4 Å². The van der Waals surface area contributed by atoms with Gasteiger partial charge in [-0.25, -0.2) is 0 Å². The van der Waals surface area contributed by atoms with E-state index in [1.54, 1.807) is 24.3 Å². The van der Waals surface area contributed by atoms with Crippen molar-refractivity contribution >= 4 is 42.9 Å². The van der Waals surface area contributed by atoms with Gasteiger partial charge < -0.3 is 0 Å². The van der Waals surface area contributed by atoms with Crippen LogP contribution in [0.25, 0.3) is 12.2 Å². The van der Waals surface area contributed by atoms with Crippen LogP contribution in [0.15, 0.2) is 59.6 Å². The van der Waals surface area contributed by atoms with Crippen LogP contribution in [0, 0.1) is 0 Å². The fraction of sp³-hybridized carbons (Fsp3) is 0. The summed E-state index contributed by atoms with van der Waals surface area (Å²) in [4.78, 5) is 35.2. The summed E-state index contributed by atoms with van der Waals surface area (Å²) in [6.07, 6.45) is 15.9. The molecular weight excluding hydrogens is 278 g/mol. The second kappa shape index (κ2) is 10.6. The highest BCUT2D eigenvalue weighted by atomic mass is 16.1. The molecule has 0 aromatic heterocycles. The van der Waals surface area contributed by atoms with E-state index in [1.165, 1.54) is 30.5 Å². The van der Waals surface area contributed by atoms with E-state index in [9.17, 15) is 14.4 Å². The number of benzene rings is 1. The van der Waals surface area contributed by atoms with Gasteiger partial charge in [-0.1, -0.05) is 36.4 Å². The van der Waals surface area contributed by atoms with Crippen LogP contribution in [0.3, 0.4) is 0 Å². The smallest absolute Gasteiger partial charge is 0.142 e. The highest BCUT2D eigenvalue weighted by Gasteiger charge is 1.92. The number of hydrogen-bond acceptors (Lipinski definition) is 4. The van der Waals surface area contributed by atoms with Gasteiger partial charge in [0, 0.05) is 11.4 Å². The normalized spacial score (nSPS) is 13.8. The SMILES string of the molecule is O=CC=CC=Nc1cccc(=CC=CC=O)c1=CC=CC=O. The third-order valence-electron chi connectivity index (χ3n) is 2.52. The van der Waals surface area contributed by atoms with Crippen LogP contribution in [0.1, 0.15) is 0 Å². The first-order valence-electron chi connectivity index (χ1n) is 6.51. The Morgan fingerprint density at radius 3 is 2.05 bits per heavy atom. The predicted octanol–water partition coefficient (Wildman–Crippen LogP) is 1.22. The molecule has 0 aliphatic heterocycles. The molecule has 1 rings (SSSR count). The van der Waals surface area contributed by atoms with Crippen molar-refractivity contribution in [2.75, 3.05) is 0 Å². The molecule has 0 spiro atoms. The van der Waals surface area contributed by atoms with Crippen LogP contribution >= 0.6 is 0 Å². The number of nitrogens with zero attached hydrogens (tertiary/aromatic N) is 1. The molecule has 110 valence electrons. The molecule has 0 saturated carbocycles. The first-order chi connectivity index (χ1) is 10.8. The second-order valence-electron chi connectivity index (χ2n) is 3.95. The van der Waals surface area contributed by atoms with Gasteiger partial charge >= 0.3 is 0 Å². The molecule has 0 atom stereocenters. The number of allylic oxidation sites excluding steroid dienone is 6. The van der Waals surface area contributed by atoms with Crippen molar-refractivity contribution in [3.63, 3.8) is 0 Å². The Labute approximate surface area is 128 Å². The Bertz CT molecular complexity index is 753. The lowest BCUT2D eigenvalue weighted by atomic mass is 10.1. The second-order valence-corrected chi connectivity index (χ2v) is 3.95. The lowest BCUT2D eigenvalue weighted by Gasteiger charge is -1.96. The molecule has 0 bridgehead atoms. The van der Waals surface area contributed by atoms with Crippen molar-refractivity contribution in [1.29, 1.82) is 0 Å². The molecule has 0 saturated heterocycles. The molecule has 4 heteroatoms. The summed E-state index contributed by atoms with van der Waals surface area (Å²) in [5.74, 6) is 0. The van der Waals surface area contributed by atoms with Crippen molar-refractivity contribution in [1.82, 2.24) is 0 Å². The summed E-state index contributed by atoms with van der Waals surface area (Å²) in [6, 6.07) is 5.51. The molecule has 0 heterocycles. The summed E-state index contributed by atoms with van der Waals surface area (Å²) < 4.78 is 0. The zero-order valence-electron chi connectivity index (χ0n) is 11.8.